The first-order valence-corrected chi connectivity index (χ1v) is 9.41. The lowest BCUT2D eigenvalue weighted by Crippen LogP contribution is -2.13. The molecule has 0 aliphatic heterocycles. The van der Waals surface area contributed by atoms with Crippen LogP contribution in [0.4, 0.5) is 5.69 Å². The van der Waals surface area contributed by atoms with E-state index in [9.17, 15) is 4.79 Å². The number of aryl methyl sites for hydroxylation is 3. The molecule has 134 valence electrons. The highest BCUT2D eigenvalue weighted by Crippen LogP contribution is 2.35. The summed E-state index contributed by atoms with van der Waals surface area (Å²) >= 11 is 9.74. The van der Waals surface area contributed by atoms with E-state index < -0.39 is 0 Å². The van der Waals surface area contributed by atoms with Gasteiger partial charge in [0, 0.05) is 17.1 Å². The fourth-order valence-electron chi connectivity index (χ4n) is 2.50. The second-order valence-electron chi connectivity index (χ2n) is 6.26. The van der Waals surface area contributed by atoms with Crippen molar-refractivity contribution >= 4 is 39.1 Å². The number of amides is 1. The second-order valence-corrected chi connectivity index (χ2v) is 7.43. The number of ether oxygens (including phenoxy) is 1. The van der Waals surface area contributed by atoms with E-state index in [0.29, 0.717) is 19.4 Å². The van der Waals surface area contributed by atoms with E-state index in [0.717, 1.165) is 43.2 Å². The molecule has 0 saturated carbocycles. The zero-order valence-electron chi connectivity index (χ0n) is 15.0. The topological polar surface area (TPSA) is 38.3 Å². The van der Waals surface area contributed by atoms with Gasteiger partial charge in [0.2, 0.25) is 5.91 Å². The highest BCUT2D eigenvalue weighted by molar-refractivity contribution is 9.10. The van der Waals surface area contributed by atoms with E-state index in [1.807, 2.05) is 52.0 Å². The van der Waals surface area contributed by atoms with Crippen molar-refractivity contribution in [3.8, 4) is 5.75 Å². The zero-order chi connectivity index (χ0) is 18.6. The van der Waals surface area contributed by atoms with Crippen LogP contribution in [-0.4, -0.2) is 12.5 Å². The molecule has 2 aromatic rings. The summed E-state index contributed by atoms with van der Waals surface area (Å²) in [6.45, 7) is 8.37. The molecule has 0 spiro atoms. The van der Waals surface area contributed by atoms with Crippen molar-refractivity contribution < 1.29 is 9.53 Å². The predicted octanol–water partition coefficient (Wildman–Crippen LogP) is 6.13. The van der Waals surface area contributed by atoms with E-state index in [-0.39, 0.29) is 5.91 Å². The van der Waals surface area contributed by atoms with Crippen LogP contribution in [0.25, 0.3) is 0 Å². The molecule has 0 atom stereocenters. The molecule has 1 N–H and O–H groups in total. The molecule has 5 heteroatoms. The number of carbonyl (C=O) groups excluding carboxylic acids is 1. The third-order valence-corrected chi connectivity index (χ3v) is 5.61. The highest BCUT2D eigenvalue weighted by atomic mass is 79.9. The number of hydrogen-bond acceptors (Lipinski definition) is 2. The lowest BCUT2D eigenvalue weighted by molar-refractivity contribution is -0.116. The minimum absolute atomic E-state index is 0.000155. The van der Waals surface area contributed by atoms with E-state index >= 15 is 0 Å². The maximum atomic E-state index is 12.1. The van der Waals surface area contributed by atoms with Gasteiger partial charge in [-0.05, 0) is 84.4 Å². The Morgan fingerprint density at radius 1 is 1.16 bits per heavy atom. The number of benzene rings is 2. The second kappa shape index (κ2) is 8.72. The van der Waals surface area contributed by atoms with Crippen molar-refractivity contribution in [1.82, 2.24) is 0 Å². The van der Waals surface area contributed by atoms with Gasteiger partial charge in [-0.25, -0.2) is 0 Å². The highest BCUT2D eigenvalue weighted by Gasteiger charge is 2.11. The van der Waals surface area contributed by atoms with E-state index in [4.69, 9.17) is 16.3 Å². The first-order valence-electron chi connectivity index (χ1n) is 8.24. The third kappa shape index (κ3) is 5.23. The van der Waals surface area contributed by atoms with Gasteiger partial charge in [0.05, 0.1) is 11.1 Å². The Balaban J connectivity index is 1.85. The van der Waals surface area contributed by atoms with Crippen LogP contribution >= 0.6 is 27.5 Å². The third-order valence-electron chi connectivity index (χ3n) is 4.04. The Labute approximate surface area is 162 Å². The maximum Gasteiger partial charge on any atom is 0.224 e. The van der Waals surface area contributed by atoms with Crippen molar-refractivity contribution in [2.45, 2.75) is 40.5 Å². The summed E-state index contributed by atoms with van der Waals surface area (Å²) in [5, 5.41) is 3.71. The summed E-state index contributed by atoms with van der Waals surface area (Å²) in [4.78, 5) is 12.1. The van der Waals surface area contributed by atoms with Crippen LogP contribution in [0, 0.1) is 27.7 Å². The van der Waals surface area contributed by atoms with Crippen molar-refractivity contribution in [2.75, 3.05) is 11.9 Å². The average molecular weight is 425 g/mol. The molecule has 2 aromatic carbocycles. The van der Waals surface area contributed by atoms with Gasteiger partial charge < -0.3 is 10.1 Å². The zero-order valence-corrected chi connectivity index (χ0v) is 17.3. The van der Waals surface area contributed by atoms with Crippen LogP contribution in [0.2, 0.25) is 5.02 Å². The van der Waals surface area contributed by atoms with Gasteiger partial charge >= 0.3 is 0 Å². The molecule has 0 heterocycles. The van der Waals surface area contributed by atoms with Gasteiger partial charge in [-0.15, -0.1) is 0 Å². The van der Waals surface area contributed by atoms with Crippen LogP contribution in [0.15, 0.2) is 28.7 Å². The number of nitrogens with one attached hydrogen (secondary N) is 1. The number of carbonyl (C=O) groups is 1. The number of hydrogen-bond donors (Lipinski definition) is 1. The van der Waals surface area contributed by atoms with Gasteiger partial charge in [0.25, 0.3) is 0 Å². The summed E-state index contributed by atoms with van der Waals surface area (Å²) in [5.41, 5.74) is 5.00. The van der Waals surface area contributed by atoms with Gasteiger partial charge in [-0.1, -0.05) is 23.7 Å². The van der Waals surface area contributed by atoms with Crippen molar-refractivity contribution in [3.63, 3.8) is 0 Å². The smallest absolute Gasteiger partial charge is 0.224 e. The quantitative estimate of drug-likeness (QED) is 0.566. The lowest BCUT2D eigenvalue weighted by Gasteiger charge is -2.13. The average Bonchev–Trinajstić information content (AvgIpc) is 2.57. The molecular formula is C20H23BrClNO2. The molecule has 0 saturated heterocycles. The summed E-state index contributed by atoms with van der Waals surface area (Å²) in [5.74, 6) is 0.758. The Kier molecular flexibility index (Phi) is 6.91. The lowest BCUT2D eigenvalue weighted by atomic mass is 10.1. The van der Waals surface area contributed by atoms with Gasteiger partial charge in [-0.2, -0.15) is 0 Å². The standard InChI is InChI=1S/C20H23BrClNO2/c1-12-7-8-13(2)16(10-12)23-18(24)6-5-9-25-17-11-14(3)20(22)15(4)19(17)21/h7-8,10-11H,5-6,9H2,1-4H3,(H,23,24). The molecule has 2 rings (SSSR count). The maximum absolute atomic E-state index is 12.1. The minimum atomic E-state index is -0.000155. The number of halogens is 2. The monoisotopic (exact) mass is 423 g/mol. The molecule has 3 nitrogen and oxygen atoms in total. The molecule has 0 aliphatic rings. The van der Waals surface area contributed by atoms with E-state index in [1.165, 1.54) is 0 Å². The van der Waals surface area contributed by atoms with Gasteiger partial charge in [-0.3, -0.25) is 4.79 Å². The molecule has 0 bridgehead atoms. The van der Waals surface area contributed by atoms with Crippen LogP contribution in [0.1, 0.15) is 35.1 Å². The van der Waals surface area contributed by atoms with Crippen molar-refractivity contribution in [1.29, 1.82) is 0 Å². The van der Waals surface area contributed by atoms with E-state index in [2.05, 4.69) is 21.2 Å². The summed E-state index contributed by atoms with van der Waals surface area (Å²) in [6.07, 6.45) is 1.06. The molecule has 0 radical (unpaired) electrons. The summed E-state index contributed by atoms with van der Waals surface area (Å²) < 4.78 is 6.68. The van der Waals surface area contributed by atoms with E-state index in [1.54, 1.807) is 0 Å². The van der Waals surface area contributed by atoms with Crippen molar-refractivity contribution in [2.24, 2.45) is 0 Å². The molecule has 0 fully saturated rings. The van der Waals surface area contributed by atoms with Crippen LogP contribution in [0.5, 0.6) is 5.75 Å². The largest absolute Gasteiger partial charge is 0.492 e. The predicted molar refractivity (Wildman–Crippen MR) is 108 cm³/mol. The van der Waals surface area contributed by atoms with Crippen LogP contribution in [-0.2, 0) is 4.79 Å². The van der Waals surface area contributed by atoms with Gasteiger partial charge in [0.1, 0.15) is 5.75 Å². The fourth-order valence-corrected chi connectivity index (χ4v) is 3.19. The fraction of sp³-hybridized carbons (Fsp3) is 0.350. The number of rotatable bonds is 6. The van der Waals surface area contributed by atoms with Crippen LogP contribution < -0.4 is 10.1 Å². The minimum Gasteiger partial charge on any atom is -0.492 e. The van der Waals surface area contributed by atoms with Crippen LogP contribution in [0.3, 0.4) is 0 Å². The molecular weight excluding hydrogens is 402 g/mol. The SMILES string of the molecule is Cc1ccc(C)c(NC(=O)CCCOc2cc(C)c(Cl)c(C)c2Br)c1. The Hall–Kier alpha value is -1.52. The normalized spacial score (nSPS) is 10.6. The Morgan fingerprint density at radius 2 is 1.88 bits per heavy atom. The van der Waals surface area contributed by atoms with Gasteiger partial charge in [0.15, 0.2) is 0 Å². The molecule has 25 heavy (non-hydrogen) atoms. The summed E-state index contributed by atoms with van der Waals surface area (Å²) in [7, 11) is 0. The summed E-state index contributed by atoms with van der Waals surface area (Å²) in [6, 6.07) is 7.94. The first kappa shape index (κ1) is 19.8. The Morgan fingerprint density at radius 3 is 2.60 bits per heavy atom. The molecule has 1 amide bonds. The first-order chi connectivity index (χ1) is 11.8. The number of anilines is 1. The van der Waals surface area contributed by atoms with Crippen molar-refractivity contribution in [3.05, 3.63) is 56.0 Å². The molecule has 0 unspecified atom stereocenters. The molecule has 0 aliphatic carbocycles. The molecule has 0 aromatic heterocycles. The Bertz CT molecular complexity index is 790.